The van der Waals surface area contributed by atoms with E-state index in [4.69, 9.17) is 9.47 Å². The Labute approximate surface area is 171 Å². The number of nitrogens with zero attached hydrogens (tertiary/aromatic N) is 2. The highest BCUT2D eigenvalue weighted by atomic mass is 127. The lowest BCUT2D eigenvalue weighted by molar-refractivity contribution is 0.0487. The molecule has 0 aliphatic carbocycles. The van der Waals surface area contributed by atoms with Gasteiger partial charge in [0.2, 0.25) is 0 Å². The summed E-state index contributed by atoms with van der Waals surface area (Å²) in [6.45, 7) is 11.6. The predicted molar refractivity (Wildman–Crippen MR) is 116 cm³/mol. The van der Waals surface area contributed by atoms with Crippen LogP contribution in [0.5, 0.6) is 0 Å². The lowest BCUT2D eigenvalue weighted by Crippen LogP contribution is -2.49. The number of piperidine rings is 1. The normalized spacial score (nSPS) is 16.5. The van der Waals surface area contributed by atoms with Gasteiger partial charge in [0, 0.05) is 39.3 Å². The number of unbranched alkanes of at least 4 members (excludes halogenated alkanes) is 1. The lowest BCUT2D eigenvalue weighted by atomic mass is 10.1. The monoisotopic (exact) mass is 470 g/mol. The van der Waals surface area contributed by atoms with Crippen LogP contribution in [0.4, 0.5) is 0 Å². The maximum Gasteiger partial charge on any atom is 0.191 e. The van der Waals surface area contributed by atoms with Gasteiger partial charge in [0.25, 0.3) is 0 Å². The quantitative estimate of drug-likeness (QED) is 0.199. The fraction of sp³-hybridized carbons (Fsp3) is 0.944. The third kappa shape index (κ3) is 12.8. The van der Waals surface area contributed by atoms with Gasteiger partial charge in [0.05, 0.1) is 19.8 Å². The maximum atomic E-state index is 5.56. The molecule has 0 aromatic heterocycles. The van der Waals surface area contributed by atoms with Crippen molar-refractivity contribution in [2.75, 3.05) is 59.7 Å². The summed E-state index contributed by atoms with van der Waals surface area (Å²) in [4.78, 5) is 6.85. The SMILES string of the molecule is CCCCOCCOCCNC(=NC)NC1CCN(CCC)CC1.I. The minimum Gasteiger partial charge on any atom is -0.379 e. The average molecular weight is 470 g/mol. The second-order valence-electron chi connectivity index (χ2n) is 6.34. The summed E-state index contributed by atoms with van der Waals surface area (Å²) in [5.74, 6) is 0.881. The molecule has 0 amide bonds. The second-order valence-corrected chi connectivity index (χ2v) is 6.34. The Balaban J connectivity index is 0.00000576. The minimum absolute atomic E-state index is 0. The minimum atomic E-state index is 0. The molecule has 7 heteroatoms. The third-order valence-corrected chi connectivity index (χ3v) is 4.24. The van der Waals surface area contributed by atoms with Crippen molar-refractivity contribution in [3.63, 3.8) is 0 Å². The molecule has 1 heterocycles. The predicted octanol–water partition coefficient (Wildman–Crippen LogP) is 2.48. The Morgan fingerprint density at radius 2 is 1.72 bits per heavy atom. The van der Waals surface area contributed by atoms with Crippen LogP contribution in [0.1, 0.15) is 46.0 Å². The summed E-state index contributed by atoms with van der Waals surface area (Å²) in [6, 6.07) is 0.525. The van der Waals surface area contributed by atoms with Gasteiger partial charge in [0.1, 0.15) is 0 Å². The molecular formula is C18H39IN4O2. The molecule has 0 spiro atoms. The molecule has 1 saturated heterocycles. The smallest absolute Gasteiger partial charge is 0.191 e. The molecule has 1 aliphatic rings. The van der Waals surface area contributed by atoms with E-state index in [0.717, 1.165) is 25.5 Å². The summed E-state index contributed by atoms with van der Waals surface area (Å²) < 4.78 is 11.0. The van der Waals surface area contributed by atoms with Gasteiger partial charge in [0.15, 0.2) is 5.96 Å². The van der Waals surface area contributed by atoms with Gasteiger partial charge in [-0.1, -0.05) is 20.3 Å². The molecule has 0 radical (unpaired) electrons. The molecular weight excluding hydrogens is 431 g/mol. The van der Waals surface area contributed by atoms with Crippen LogP contribution in [0.15, 0.2) is 4.99 Å². The largest absolute Gasteiger partial charge is 0.379 e. The van der Waals surface area contributed by atoms with E-state index in [9.17, 15) is 0 Å². The highest BCUT2D eigenvalue weighted by Crippen LogP contribution is 2.10. The molecule has 25 heavy (non-hydrogen) atoms. The van der Waals surface area contributed by atoms with Gasteiger partial charge in [-0.3, -0.25) is 4.99 Å². The summed E-state index contributed by atoms with van der Waals surface area (Å²) >= 11 is 0. The van der Waals surface area contributed by atoms with Crippen LogP contribution in [0, 0.1) is 0 Å². The zero-order valence-corrected chi connectivity index (χ0v) is 18.7. The third-order valence-electron chi connectivity index (χ3n) is 4.24. The van der Waals surface area contributed by atoms with Crippen molar-refractivity contribution in [3.8, 4) is 0 Å². The van der Waals surface area contributed by atoms with Crippen molar-refractivity contribution in [1.29, 1.82) is 0 Å². The molecule has 0 bridgehead atoms. The Hall–Kier alpha value is -0.120. The first-order valence-corrected chi connectivity index (χ1v) is 9.65. The number of nitrogens with one attached hydrogen (secondary N) is 2. The van der Waals surface area contributed by atoms with Gasteiger partial charge in [-0.15, -0.1) is 24.0 Å². The Bertz CT molecular complexity index is 324. The second kappa shape index (κ2) is 17.3. The number of halogens is 1. The Morgan fingerprint density at radius 3 is 2.32 bits per heavy atom. The first-order chi connectivity index (χ1) is 11.8. The molecule has 6 nitrogen and oxygen atoms in total. The standard InChI is InChI=1S/C18H38N4O2.HI/c1-4-6-13-23-15-16-24-14-9-20-18(19-3)21-17-7-11-22(10-5-2)12-8-17;/h17H,4-16H2,1-3H3,(H2,19,20,21);1H. The Morgan fingerprint density at radius 1 is 1.04 bits per heavy atom. The van der Waals surface area contributed by atoms with Crippen LogP contribution >= 0.6 is 24.0 Å². The van der Waals surface area contributed by atoms with Crippen LogP contribution in [-0.2, 0) is 9.47 Å². The number of hydrogen-bond donors (Lipinski definition) is 2. The van der Waals surface area contributed by atoms with E-state index in [-0.39, 0.29) is 24.0 Å². The molecule has 1 rings (SSSR count). The van der Waals surface area contributed by atoms with Gasteiger partial charge in [-0.25, -0.2) is 0 Å². The number of aliphatic imine (C=N–C) groups is 1. The van der Waals surface area contributed by atoms with Crippen molar-refractivity contribution < 1.29 is 9.47 Å². The number of likely N-dealkylation sites (tertiary alicyclic amines) is 1. The van der Waals surface area contributed by atoms with Crippen molar-refractivity contribution in [2.24, 2.45) is 4.99 Å². The van der Waals surface area contributed by atoms with Gasteiger partial charge < -0.3 is 25.0 Å². The van der Waals surface area contributed by atoms with Crippen LogP contribution < -0.4 is 10.6 Å². The zero-order valence-electron chi connectivity index (χ0n) is 16.4. The highest BCUT2D eigenvalue weighted by Gasteiger charge is 2.19. The molecule has 0 atom stereocenters. The molecule has 150 valence electrons. The molecule has 1 aliphatic heterocycles. The van der Waals surface area contributed by atoms with E-state index >= 15 is 0 Å². The molecule has 1 fully saturated rings. The first kappa shape index (κ1) is 24.9. The topological polar surface area (TPSA) is 58.1 Å². The van der Waals surface area contributed by atoms with Gasteiger partial charge in [-0.2, -0.15) is 0 Å². The number of guanidine groups is 1. The maximum absolute atomic E-state index is 5.56. The molecule has 2 N–H and O–H groups in total. The average Bonchev–Trinajstić information content (AvgIpc) is 2.61. The van der Waals surface area contributed by atoms with Gasteiger partial charge >= 0.3 is 0 Å². The van der Waals surface area contributed by atoms with Crippen LogP contribution in [0.3, 0.4) is 0 Å². The highest BCUT2D eigenvalue weighted by molar-refractivity contribution is 14.0. The van der Waals surface area contributed by atoms with Crippen molar-refractivity contribution >= 4 is 29.9 Å². The molecule has 0 aromatic carbocycles. The summed E-state index contributed by atoms with van der Waals surface area (Å²) in [5.41, 5.74) is 0. The molecule has 0 saturated carbocycles. The zero-order chi connectivity index (χ0) is 17.5. The number of hydrogen-bond acceptors (Lipinski definition) is 4. The fourth-order valence-corrected chi connectivity index (χ4v) is 2.82. The molecule has 0 aromatic rings. The van der Waals surface area contributed by atoms with Crippen LogP contribution in [0.2, 0.25) is 0 Å². The summed E-state index contributed by atoms with van der Waals surface area (Å²) in [6.07, 6.45) is 5.92. The fourth-order valence-electron chi connectivity index (χ4n) is 2.82. The van der Waals surface area contributed by atoms with E-state index < -0.39 is 0 Å². The lowest BCUT2D eigenvalue weighted by Gasteiger charge is -2.32. The van der Waals surface area contributed by atoms with Crippen LogP contribution in [0.25, 0.3) is 0 Å². The van der Waals surface area contributed by atoms with E-state index in [1.165, 1.54) is 45.3 Å². The van der Waals surface area contributed by atoms with Crippen molar-refractivity contribution in [1.82, 2.24) is 15.5 Å². The van der Waals surface area contributed by atoms with E-state index in [1.807, 2.05) is 7.05 Å². The van der Waals surface area contributed by atoms with E-state index in [2.05, 4.69) is 34.4 Å². The summed E-state index contributed by atoms with van der Waals surface area (Å²) in [5, 5.41) is 6.85. The van der Waals surface area contributed by atoms with Crippen LogP contribution in [-0.4, -0.2) is 76.6 Å². The van der Waals surface area contributed by atoms with Gasteiger partial charge in [-0.05, 0) is 32.2 Å². The molecule has 0 unspecified atom stereocenters. The number of ether oxygens (including phenoxy) is 2. The van der Waals surface area contributed by atoms with E-state index in [1.54, 1.807) is 0 Å². The Kier molecular flexibility index (Phi) is 17.2. The van der Waals surface area contributed by atoms with Crippen molar-refractivity contribution in [3.05, 3.63) is 0 Å². The number of rotatable bonds is 12. The van der Waals surface area contributed by atoms with Crippen molar-refractivity contribution in [2.45, 2.75) is 52.0 Å². The first-order valence-electron chi connectivity index (χ1n) is 9.65. The van der Waals surface area contributed by atoms with E-state index in [0.29, 0.717) is 25.9 Å². The summed E-state index contributed by atoms with van der Waals surface area (Å²) in [7, 11) is 1.82.